The number of benzene rings is 2. The van der Waals surface area contributed by atoms with E-state index >= 15 is 0 Å². The second-order valence-electron chi connectivity index (χ2n) is 5.36. The van der Waals surface area contributed by atoms with E-state index in [1.807, 2.05) is 0 Å². The maximum absolute atomic E-state index is 13.4. The van der Waals surface area contributed by atoms with E-state index in [1.165, 1.54) is 32.4 Å². The van der Waals surface area contributed by atoms with Crippen molar-refractivity contribution in [3.05, 3.63) is 48.3 Å². The van der Waals surface area contributed by atoms with Gasteiger partial charge in [0, 0.05) is 6.07 Å². The summed E-state index contributed by atoms with van der Waals surface area (Å²) in [6.45, 7) is -0.516. The number of hydrogen-bond acceptors (Lipinski definition) is 5. The van der Waals surface area contributed by atoms with Crippen LogP contribution in [0.25, 0.3) is 0 Å². The molecule has 7 nitrogen and oxygen atoms in total. The van der Waals surface area contributed by atoms with Crippen molar-refractivity contribution in [3.8, 4) is 11.5 Å². The Bertz CT molecular complexity index is 902. The van der Waals surface area contributed by atoms with Crippen molar-refractivity contribution in [3.63, 3.8) is 0 Å². The Labute approximate surface area is 151 Å². The van der Waals surface area contributed by atoms with Crippen LogP contribution in [0.3, 0.4) is 0 Å². The minimum absolute atomic E-state index is 0.0596. The molecule has 26 heavy (non-hydrogen) atoms. The number of methoxy groups -OCH3 is 2. The number of amides is 1. The summed E-state index contributed by atoms with van der Waals surface area (Å²) in [6, 6.07) is 9.78. The predicted molar refractivity (Wildman–Crippen MR) is 96.8 cm³/mol. The maximum atomic E-state index is 13.4. The van der Waals surface area contributed by atoms with Gasteiger partial charge in [-0.15, -0.1) is 0 Å². The first-order chi connectivity index (χ1) is 12.2. The molecule has 2 aromatic carbocycles. The third kappa shape index (κ3) is 4.85. The number of halogens is 1. The summed E-state index contributed by atoms with van der Waals surface area (Å²) in [7, 11) is -0.867. The van der Waals surface area contributed by atoms with Crippen LogP contribution in [-0.2, 0) is 14.8 Å². The number of nitrogens with zero attached hydrogens (tertiary/aromatic N) is 1. The summed E-state index contributed by atoms with van der Waals surface area (Å²) in [6.07, 6.45) is 0.944. The highest BCUT2D eigenvalue weighted by molar-refractivity contribution is 7.92. The van der Waals surface area contributed by atoms with Gasteiger partial charge in [-0.3, -0.25) is 9.10 Å². The van der Waals surface area contributed by atoms with Crippen LogP contribution in [0, 0.1) is 5.82 Å². The normalized spacial score (nSPS) is 10.9. The fraction of sp³-hybridized carbons (Fsp3) is 0.235. The fourth-order valence-electron chi connectivity index (χ4n) is 2.25. The summed E-state index contributed by atoms with van der Waals surface area (Å²) >= 11 is 0. The van der Waals surface area contributed by atoms with Gasteiger partial charge < -0.3 is 14.8 Å². The molecule has 0 aliphatic rings. The van der Waals surface area contributed by atoms with Crippen molar-refractivity contribution in [2.75, 3.05) is 36.6 Å². The summed E-state index contributed by atoms with van der Waals surface area (Å²) in [5.74, 6) is -0.316. The molecule has 0 atom stereocenters. The standard InChI is InChI=1S/C17H19FN2O5S/c1-24-14-7-8-15(16(10-14)25-2)19-17(21)11-20(26(3,22)23)13-6-4-5-12(18)9-13/h4-10H,11H2,1-3H3,(H,19,21). The van der Waals surface area contributed by atoms with E-state index in [0.717, 1.165) is 16.6 Å². The van der Waals surface area contributed by atoms with Crippen LogP contribution in [0.5, 0.6) is 11.5 Å². The van der Waals surface area contributed by atoms with Gasteiger partial charge in [0.25, 0.3) is 0 Å². The third-order valence-electron chi connectivity index (χ3n) is 3.47. The van der Waals surface area contributed by atoms with Gasteiger partial charge in [-0.05, 0) is 30.3 Å². The molecule has 0 radical (unpaired) electrons. The zero-order valence-corrected chi connectivity index (χ0v) is 15.3. The van der Waals surface area contributed by atoms with E-state index in [9.17, 15) is 17.6 Å². The molecule has 2 rings (SSSR count). The molecular formula is C17H19FN2O5S. The lowest BCUT2D eigenvalue weighted by Crippen LogP contribution is -2.37. The van der Waals surface area contributed by atoms with E-state index < -0.39 is 28.3 Å². The zero-order chi connectivity index (χ0) is 19.3. The largest absolute Gasteiger partial charge is 0.497 e. The van der Waals surface area contributed by atoms with Gasteiger partial charge in [0.05, 0.1) is 31.9 Å². The highest BCUT2D eigenvalue weighted by Crippen LogP contribution is 2.29. The molecule has 0 heterocycles. The fourth-order valence-corrected chi connectivity index (χ4v) is 3.10. The molecule has 0 spiro atoms. The van der Waals surface area contributed by atoms with Crippen molar-refractivity contribution in [1.82, 2.24) is 0 Å². The Balaban J connectivity index is 2.23. The molecule has 0 aliphatic carbocycles. The molecular weight excluding hydrogens is 363 g/mol. The highest BCUT2D eigenvalue weighted by atomic mass is 32.2. The first kappa shape index (κ1) is 19.5. The number of anilines is 2. The van der Waals surface area contributed by atoms with Crippen molar-refractivity contribution in [2.45, 2.75) is 0 Å². The first-order valence-corrected chi connectivity index (χ1v) is 9.34. The van der Waals surface area contributed by atoms with E-state index in [-0.39, 0.29) is 5.69 Å². The summed E-state index contributed by atoms with van der Waals surface area (Å²) in [5, 5.41) is 2.58. The summed E-state index contributed by atoms with van der Waals surface area (Å²) in [4.78, 5) is 12.4. The van der Waals surface area contributed by atoms with Crippen LogP contribution in [0.4, 0.5) is 15.8 Å². The van der Waals surface area contributed by atoms with Crippen LogP contribution in [0.1, 0.15) is 0 Å². The third-order valence-corrected chi connectivity index (χ3v) is 4.61. The Morgan fingerprint density at radius 1 is 1.15 bits per heavy atom. The average Bonchev–Trinajstić information content (AvgIpc) is 2.59. The van der Waals surface area contributed by atoms with Crippen LogP contribution >= 0.6 is 0 Å². The van der Waals surface area contributed by atoms with Gasteiger partial charge in [0.2, 0.25) is 15.9 Å². The molecule has 0 aliphatic heterocycles. The number of sulfonamides is 1. The Morgan fingerprint density at radius 2 is 1.88 bits per heavy atom. The van der Waals surface area contributed by atoms with E-state index in [2.05, 4.69) is 5.32 Å². The Morgan fingerprint density at radius 3 is 2.46 bits per heavy atom. The molecule has 9 heteroatoms. The van der Waals surface area contributed by atoms with Crippen LogP contribution in [0.15, 0.2) is 42.5 Å². The molecule has 0 unspecified atom stereocenters. The number of rotatable bonds is 7. The smallest absolute Gasteiger partial charge is 0.245 e. The summed E-state index contributed by atoms with van der Waals surface area (Å²) in [5.41, 5.74) is 0.412. The minimum atomic E-state index is -3.79. The van der Waals surface area contributed by atoms with E-state index in [4.69, 9.17) is 9.47 Å². The highest BCUT2D eigenvalue weighted by Gasteiger charge is 2.22. The van der Waals surface area contributed by atoms with Crippen LogP contribution in [0.2, 0.25) is 0 Å². The molecule has 2 aromatic rings. The second-order valence-corrected chi connectivity index (χ2v) is 7.27. The molecule has 0 saturated carbocycles. The van der Waals surface area contributed by atoms with Crippen molar-refractivity contribution in [2.24, 2.45) is 0 Å². The number of nitrogens with one attached hydrogen (secondary N) is 1. The van der Waals surface area contributed by atoms with E-state index in [1.54, 1.807) is 18.2 Å². The molecule has 0 fully saturated rings. The lowest BCUT2D eigenvalue weighted by Gasteiger charge is -2.22. The van der Waals surface area contributed by atoms with Crippen LogP contribution < -0.4 is 19.1 Å². The number of hydrogen-bond donors (Lipinski definition) is 1. The molecule has 1 amide bonds. The molecule has 140 valence electrons. The van der Waals surface area contributed by atoms with Gasteiger partial charge in [-0.25, -0.2) is 12.8 Å². The number of carbonyl (C=O) groups excluding carboxylic acids is 1. The quantitative estimate of drug-likeness (QED) is 0.794. The molecule has 1 N–H and O–H groups in total. The van der Waals surface area contributed by atoms with Crippen molar-refractivity contribution in [1.29, 1.82) is 0 Å². The maximum Gasteiger partial charge on any atom is 0.245 e. The monoisotopic (exact) mass is 382 g/mol. The lowest BCUT2D eigenvalue weighted by atomic mass is 10.2. The van der Waals surface area contributed by atoms with E-state index in [0.29, 0.717) is 17.2 Å². The molecule has 0 aromatic heterocycles. The Hall–Kier alpha value is -2.81. The lowest BCUT2D eigenvalue weighted by molar-refractivity contribution is -0.114. The van der Waals surface area contributed by atoms with Gasteiger partial charge in [-0.2, -0.15) is 0 Å². The van der Waals surface area contributed by atoms with Gasteiger partial charge in [-0.1, -0.05) is 6.07 Å². The van der Waals surface area contributed by atoms with Crippen molar-refractivity contribution < 1.29 is 27.1 Å². The summed E-state index contributed by atoms with van der Waals surface area (Å²) < 4.78 is 48.5. The molecule has 0 saturated heterocycles. The average molecular weight is 382 g/mol. The van der Waals surface area contributed by atoms with Gasteiger partial charge >= 0.3 is 0 Å². The second kappa shape index (κ2) is 8.05. The first-order valence-electron chi connectivity index (χ1n) is 7.49. The predicted octanol–water partition coefficient (Wildman–Crippen LogP) is 2.25. The van der Waals surface area contributed by atoms with Crippen LogP contribution in [-0.4, -0.2) is 41.3 Å². The minimum Gasteiger partial charge on any atom is -0.497 e. The number of ether oxygens (including phenoxy) is 2. The topological polar surface area (TPSA) is 84.9 Å². The van der Waals surface area contributed by atoms with Gasteiger partial charge in [0.1, 0.15) is 23.9 Å². The molecule has 0 bridgehead atoms. The number of carbonyl (C=O) groups is 1. The van der Waals surface area contributed by atoms with Gasteiger partial charge in [0.15, 0.2) is 0 Å². The zero-order valence-electron chi connectivity index (χ0n) is 14.5. The Kier molecular flexibility index (Phi) is 6.04. The SMILES string of the molecule is COc1ccc(NC(=O)CN(c2cccc(F)c2)S(C)(=O)=O)c(OC)c1. The van der Waals surface area contributed by atoms with Crippen molar-refractivity contribution >= 4 is 27.3 Å².